The fourth-order valence-corrected chi connectivity index (χ4v) is 5.42. The lowest BCUT2D eigenvalue weighted by molar-refractivity contribution is -0.134. The van der Waals surface area contributed by atoms with E-state index in [0.717, 1.165) is 33.5 Å². The average molecular weight is 468 g/mol. The summed E-state index contributed by atoms with van der Waals surface area (Å²) in [5.74, 6) is -0.443. The van der Waals surface area contributed by atoms with Gasteiger partial charge in [0.15, 0.2) is 0 Å². The second kappa shape index (κ2) is 8.07. The largest absolute Gasteiger partial charge is 0.461 e. The zero-order valence-corrected chi connectivity index (χ0v) is 19.2. The number of hydrogen-bond donors (Lipinski definition) is 1. The highest BCUT2D eigenvalue weighted by Gasteiger charge is 2.47. The molecule has 1 spiro atoms. The van der Waals surface area contributed by atoms with Gasteiger partial charge in [-0.1, -0.05) is 60.7 Å². The standard InChI is InChI=1S/C26H21N5O2S/c1-2-33-25(32)24-29-31(20-13-7-4-8-14-20)26(34-24)16-22(18-10-5-3-6-11-18)30-23-19(17-27-30)12-9-15-21(23)28-26/h3-17,28H,2H2,1H3. The molecule has 0 bridgehead atoms. The van der Waals surface area contributed by atoms with E-state index in [2.05, 4.69) is 23.5 Å². The number of carbonyl (C=O) groups is 1. The molecule has 0 radical (unpaired) electrons. The molecule has 0 saturated heterocycles. The molecule has 3 heterocycles. The number of carbonyl (C=O) groups excluding carboxylic acids is 1. The molecule has 34 heavy (non-hydrogen) atoms. The SMILES string of the molecule is CCOC(=O)C1=NN(c2ccccc2)C2(C=C(c3ccccc3)n3ncc4cccc(c43)N2)S1. The van der Waals surface area contributed by atoms with E-state index in [-0.39, 0.29) is 11.7 Å². The molecule has 168 valence electrons. The van der Waals surface area contributed by atoms with Crippen LogP contribution in [0.1, 0.15) is 12.5 Å². The quantitative estimate of drug-likeness (QED) is 0.419. The Morgan fingerprint density at radius 2 is 1.79 bits per heavy atom. The topological polar surface area (TPSA) is 71.8 Å². The van der Waals surface area contributed by atoms with Gasteiger partial charge in [0, 0.05) is 17.0 Å². The smallest absolute Gasteiger partial charge is 0.365 e. The van der Waals surface area contributed by atoms with Crippen LogP contribution in [0, 0.1) is 0 Å². The summed E-state index contributed by atoms with van der Waals surface area (Å²) in [6.07, 6.45) is 3.95. The first-order chi connectivity index (χ1) is 16.7. The molecule has 6 rings (SSSR count). The number of nitrogens with one attached hydrogen (secondary N) is 1. The summed E-state index contributed by atoms with van der Waals surface area (Å²) < 4.78 is 7.26. The van der Waals surface area contributed by atoms with Crippen molar-refractivity contribution in [1.82, 2.24) is 9.78 Å². The summed E-state index contributed by atoms with van der Waals surface area (Å²) >= 11 is 1.33. The molecule has 1 aromatic heterocycles. The van der Waals surface area contributed by atoms with Crippen molar-refractivity contribution >= 4 is 50.7 Å². The minimum absolute atomic E-state index is 0.282. The van der Waals surface area contributed by atoms with Gasteiger partial charge in [0.2, 0.25) is 10.0 Å². The van der Waals surface area contributed by atoms with E-state index in [4.69, 9.17) is 14.9 Å². The Balaban J connectivity index is 1.60. The summed E-state index contributed by atoms with van der Waals surface area (Å²) in [5, 5.41) is 16.3. The Bertz CT molecular complexity index is 1450. The minimum Gasteiger partial charge on any atom is -0.461 e. The van der Waals surface area contributed by atoms with E-state index < -0.39 is 11.0 Å². The zero-order valence-electron chi connectivity index (χ0n) is 18.4. The van der Waals surface area contributed by atoms with Gasteiger partial charge < -0.3 is 10.1 Å². The maximum Gasteiger partial charge on any atom is 0.365 e. The molecule has 0 saturated carbocycles. The average Bonchev–Trinajstić information content (AvgIpc) is 3.43. The van der Waals surface area contributed by atoms with Gasteiger partial charge in [-0.3, -0.25) is 0 Å². The van der Waals surface area contributed by atoms with E-state index in [1.807, 2.05) is 82.6 Å². The van der Waals surface area contributed by atoms with Gasteiger partial charge in [-0.25, -0.2) is 14.5 Å². The van der Waals surface area contributed by atoms with Gasteiger partial charge in [0.25, 0.3) is 0 Å². The number of rotatable bonds is 4. The van der Waals surface area contributed by atoms with Crippen molar-refractivity contribution in [2.45, 2.75) is 11.9 Å². The summed E-state index contributed by atoms with van der Waals surface area (Å²) in [6.45, 7) is 2.07. The third-order valence-electron chi connectivity index (χ3n) is 5.74. The molecule has 1 unspecified atom stereocenters. The lowest BCUT2D eigenvalue weighted by Gasteiger charge is -2.35. The third kappa shape index (κ3) is 3.26. The number of esters is 1. The van der Waals surface area contributed by atoms with Crippen molar-refractivity contribution in [2.75, 3.05) is 16.9 Å². The minimum atomic E-state index is -0.927. The predicted octanol–water partition coefficient (Wildman–Crippen LogP) is 5.13. The number of nitrogens with zero attached hydrogens (tertiary/aromatic N) is 4. The van der Waals surface area contributed by atoms with Crippen LogP contribution in [0.3, 0.4) is 0 Å². The Hall–Kier alpha value is -4.04. The fourth-order valence-electron chi connectivity index (χ4n) is 4.29. The highest BCUT2D eigenvalue weighted by atomic mass is 32.2. The molecule has 2 aliphatic heterocycles. The van der Waals surface area contributed by atoms with Gasteiger partial charge in [-0.05, 0) is 36.9 Å². The van der Waals surface area contributed by atoms with E-state index in [9.17, 15) is 4.79 Å². The molecule has 8 heteroatoms. The molecule has 4 aromatic rings. The van der Waals surface area contributed by atoms with Crippen LogP contribution >= 0.6 is 11.8 Å². The third-order valence-corrected chi connectivity index (χ3v) is 6.89. The Morgan fingerprint density at radius 1 is 1.03 bits per heavy atom. The molecular weight excluding hydrogens is 446 g/mol. The maximum absolute atomic E-state index is 12.8. The first-order valence-electron chi connectivity index (χ1n) is 11.0. The summed E-state index contributed by atoms with van der Waals surface area (Å²) in [4.78, 5) is 11.9. The van der Waals surface area contributed by atoms with E-state index in [1.165, 1.54) is 11.8 Å². The van der Waals surface area contributed by atoms with Crippen LogP contribution in [-0.2, 0) is 9.53 Å². The summed E-state index contributed by atoms with van der Waals surface area (Å²) in [5.41, 5.74) is 4.60. The second-order valence-electron chi connectivity index (χ2n) is 7.89. The lowest BCUT2D eigenvalue weighted by Crippen LogP contribution is -2.45. The van der Waals surface area contributed by atoms with Crippen molar-refractivity contribution in [3.8, 4) is 0 Å². The summed E-state index contributed by atoms with van der Waals surface area (Å²) in [6, 6.07) is 26.0. The van der Waals surface area contributed by atoms with Crippen molar-refractivity contribution in [3.05, 3.63) is 96.7 Å². The zero-order chi connectivity index (χ0) is 23.1. The molecule has 2 aliphatic rings. The predicted molar refractivity (Wildman–Crippen MR) is 136 cm³/mol. The van der Waals surface area contributed by atoms with Crippen LogP contribution in [0.15, 0.2) is 96.2 Å². The number of hydrazone groups is 1. The van der Waals surface area contributed by atoms with Gasteiger partial charge in [0.05, 0.1) is 35.4 Å². The molecule has 0 aliphatic carbocycles. The number of anilines is 2. The van der Waals surface area contributed by atoms with Crippen molar-refractivity contribution in [3.63, 3.8) is 0 Å². The summed E-state index contributed by atoms with van der Waals surface area (Å²) in [7, 11) is 0. The van der Waals surface area contributed by atoms with Crippen LogP contribution in [0.25, 0.3) is 16.6 Å². The molecule has 1 atom stereocenters. The van der Waals surface area contributed by atoms with Gasteiger partial charge in [-0.2, -0.15) is 10.2 Å². The van der Waals surface area contributed by atoms with Crippen LogP contribution in [-0.4, -0.2) is 32.4 Å². The highest BCUT2D eigenvalue weighted by Crippen LogP contribution is 2.47. The molecule has 0 fully saturated rings. The molecule has 7 nitrogen and oxygen atoms in total. The van der Waals surface area contributed by atoms with Gasteiger partial charge in [-0.15, -0.1) is 0 Å². The van der Waals surface area contributed by atoms with E-state index in [1.54, 1.807) is 6.92 Å². The second-order valence-corrected chi connectivity index (χ2v) is 9.11. The fraction of sp³-hybridized carbons (Fsp3) is 0.115. The highest BCUT2D eigenvalue weighted by molar-refractivity contribution is 8.17. The van der Waals surface area contributed by atoms with E-state index in [0.29, 0.717) is 0 Å². The number of aromatic nitrogens is 2. The molecule has 1 N–H and O–H groups in total. The van der Waals surface area contributed by atoms with Crippen LogP contribution in [0.2, 0.25) is 0 Å². The number of thioether (sulfide) groups is 1. The lowest BCUT2D eigenvalue weighted by atomic mass is 10.1. The molecule has 0 amide bonds. The van der Waals surface area contributed by atoms with Crippen LogP contribution < -0.4 is 10.3 Å². The monoisotopic (exact) mass is 467 g/mol. The van der Waals surface area contributed by atoms with Crippen LogP contribution in [0.4, 0.5) is 11.4 Å². The Labute approximate surface area is 200 Å². The normalized spacial score (nSPS) is 18.9. The van der Waals surface area contributed by atoms with Crippen LogP contribution in [0.5, 0.6) is 0 Å². The maximum atomic E-state index is 12.8. The van der Waals surface area contributed by atoms with Gasteiger partial charge in [0.1, 0.15) is 0 Å². The van der Waals surface area contributed by atoms with Crippen molar-refractivity contribution in [2.24, 2.45) is 5.10 Å². The van der Waals surface area contributed by atoms with Gasteiger partial charge >= 0.3 is 5.97 Å². The van der Waals surface area contributed by atoms with E-state index >= 15 is 0 Å². The number of hydrogen-bond acceptors (Lipinski definition) is 7. The first kappa shape index (κ1) is 20.6. The number of para-hydroxylation sites is 2. The Kier molecular flexibility index (Phi) is 4.88. The Morgan fingerprint density at radius 3 is 2.56 bits per heavy atom. The van der Waals surface area contributed by atoms with Crippen molar-refractivity contribution < 1.29 is 9.53 Å². The first-order valence-corrected chi connectivity index (χ1v) is 11.8. The molecular formula is C26H21N5O2S. The van der Waals surface area contributed by atoms with Crippen molar-refractivity contribution in [1.29, 1.82) is 0 Å². The number of ether oxygens (including phenoxy) is 1. The number of benzene rings is 3. The molecule has 3 aromatic carbocycles.